The van der Waals surface area contributed by atoms with E-state index in [4.69, 9.17) is 21.2 Å². The fourth-order valence-electron chi connectivity index (χ4n) is 4.44. The number of benzene rings is 1. The Hall–Kier alpha value is -3.19. The first-order valence-corrected chi connectivity index (χ1v) is 11.2. The van der Waals surface area contributed by atoms with Crippen molar-refractivity contribution in [2.24, 2.45) is 17.6 Å². The molecule has 0 aliphatic heterocycles. The highest BCUT2D eigenvalue weighted by Crippen LogP contribution is 2.33. The van der Waals surface area contributed by atoms with Crippen molar-refractivity contribution in [3.63, 3.8) is 0 Å². The number of nitrogens with zero attached hydrogens (tertiary/aromatic N) is 3. The number of imidazole rings is 1. The van der Waals surface area contributed by atoms with Crippen LogP contribution in [0.5, 0.6) is 0 Å². The highest BCUT2D eigenvalue weighted by atomic mass is 16.5. The minimum absolute atomic E-state index is 0.321. The molecule has 2 atom stereocenters. The number of nitrogen functional groups attached to an aromatic ring is 1. The van der Waals surface area contributed by atoms with Crippen LogP contribution in [0.3, 0.4) is 0 Å². The van der Waals surface area contributed by atoms with E-state index in [-0.39, 0.29) is 0 Å². The summed E-state index contributed by atoms with van der Waals surface area (Å²) in [5, 5.41) is 0.933. The van der Waals surface area contributed by atoms with Crippen molar-refractivity contribution in [2.45, 2.75) is 39.7 Å². The predicted molar refractivity (Wildman–Crippen MR) is 128 cm³/mol. The number of aromatic nitrogens is 3. The fraction of sp³-hybridized carbons (Fsp3) is 0.400. The molecule has 4 rings (SSSR count). The van der Waals surface area contributed by atoms with E-state index in [0.29, 0.717) is 35.3 Å². The lowest BCUT2D eigenvalue weighted by Crippen LogP contribution is -2.20. The zero-order valence-electron chi connectivity index (χ0n) is 19.0. The lowest BCUT2D eigenvalue weighted by atomic mass is 9.87. The molecule has 7 heteroatoms. The Kier molecular flexibility index (Phi) is 6.28. The summed E-state index contributed by atoms with van der Waals surface area (Å²) in [6.07, 6.45) is 9.65. The Morgan fingerprint density at radius 3 is 2.78 bits per heavy atom. The summed E-state index contributed by atoms with van der Waals surface area (Å²) < 4.78 is 7.17. The lowest BCUT2D eigenvalue weighted by molar-refractivity contribution is 0.0601. The van der Waals surface area contributed by atoms with E-state index < -0.39 is 5.97 Å². The topological polar surface area (TPSA) is 109 Å². The Bertz CT molecular complexity index is 1220. The summed E-state index contributed by atoms with van der Waals surface area (Å²) in [6.45, 7) is 5.75. The smallest absolute Gasteiger partial charge is 0.337 e. The number of pyridine rings is 1. The molecule has 2 heterocycles. The molecule has 0 saturated heterocycles. The molecule has 2 unspecified atom stereocenters. The van der Waals surface area contributed by atoms with Gasteiger partial charge < -0.3 is 20.8 Å². The van der Waals surface area contributed by atoms with Crippen LogP contribution < -0.4 is 11.5 Å². The quantitative estimate of drug-likeness (QED) is 0.545. The van der Waals surface area contributed by atoms with Crippen LogP contribution in [0.1, 0.15) is 42.9 Å². The first kappa shape index (κ1) is 22.0. The van der Waals surface area contributed by atoms with Crippen LogP contribution >= 0.6 is 0 Å². The van der Waals surface area contributed by atoms with Crippen molar-refractivity contribution in [3.8, 4) is 0 Å². The Balaban J connectivity index is 1.87. The second-order valence-electron chi connectivity index (χ2n) is 8.49. The number of carbonyl (C=O) groups is 1. The van der Waals surface area contributed by atoms with Gasteiger partial charge in [0, 0.05) is 30.8 Å². The van der Waals surface area contributed by atoms with Crippen LogP contribution in [0.25, 0.3) is 21.9 Å². The van der Waals surface area contributed by atoms with Gasteiger partial charge in [0.2, 0.25) is 0 Å². The van der Waals surface area contributed by atoms with E-state index in [1.165, 1.54) is 12.7 Å². The van der Waals surface area contributed by atoms with E-state index in [0.717, 1.165) is 48.1 Å². The predicted octanol–water partition coefficient (Wildman–Crippen LogP) is 4.00. The number of rotatable bonds is 7. The molecule has 7 nitrogen and oxygen atoms in total. The number of esters is 1. The number of carbonyl (C=O) groups excluding carboxylic acids is 1. The summed E-state index contributed by atoms with van der Waals surface area (Å²) in [6, 6.07) is 5.43. The third-order valence-electron chi connectivity index (χ3n) is 6.30. The Labute approximate surface area is 188 Å². The third-order valence-corrected chi connectivity index (χ3v) is 6.30. The summed E-state index contributed by atoms with van der Waals surface area (Å²) in [4.78, 5) is 21.5. The number of nitrogens with two attached hydrogens (primary N) is 2. The van der Waals surface area contributed by atoms with E-state index >= 15 is 0 Å². The van der Waals surface area contributed by atoms with Crippen molar-refractivity contribution in [3.05, 3.63) is 53.4 Å². The monoisotopic (exact) mass is 433 g/mol. The van der Waals surface area contributed by atoms with Crippen molar-refractivity contribution in [1.82, 2.24) is 14.5 Å². The molecule has 32 heavy (non-hydrogen) atoms. The molecule has 2 aromatic heterocycles. The first-order valence-electron chi connectivity index (χ1n) is 11.2. The van der Waals surface area contributed by atoms with Crippen molar-refractivity contribution < 1.29 is 9.53 Å². The SMILES string of the molecule is CCCCc1nc2c(N)nc3cc(C(=O)OC)ccc3c2n1CC1C=CC(CN)=CC1C. The number of hydrogen-bond acceptors (Lipinski definition) is 6. The van der Waals surface area contributed by atoms with Crippen molar-refractivity contribution in [1.29, 1.82) is 0 Å². The number of anilines is 1. The summed E-state index contributed by atoms with van der Waals surface area (Å²) in [5.74, 6) is 1.69. The highest BCUT2D eigenvalue weighted by molar-refractivity contribution is 6.08. The molecule has 0 spiro atoms. The zero-order valence-corrected chi connectivity index (χ0v) is 19.0. The lowest BCUT2D eigenvalue weighted by Gasteiger charge is -2.24. The van der Waals surface area contributed by atoms with Gasteiger partial charge in [-0.2, -0.15) is 0 Å². The minimum atomic E-state index is -0.395. The molecule has 1 aliphatic rings. The number of methoxy groups -OCH3 is 1. The number of fused-ring (bicyclic) bond motifs is 3. The normalized spacial score (nSPS) is 18.3. The number of ether oxygens (including phenoxy) is 1. The Morgan fingerprint density at radius 2 is 2.09 bits per heavy atom. The molecule has 0 radical (unpaired) electrons. The minimum Gasteiger partial charge on any atom is -0.465 e. The Morgan fingerprint density at radius 1 is 1.28 bits per heavy atom. The van der Waals surface area contributed by atoms with Gasteiger partial charge in [0.25, 0.3) is 0 Å². The zero-order chi connectivity index (χ0) is 22.8. The molecule has 168 valence electrons. The van der Waals surface area contributed by atoms with Gasteiger partial charge in [0.05, 0.1) is 23.7 Å². The summed E-state index contributed by atoms with van der Waals surface area (Å²) >= 11 is 0. The van der Waals surface area contributed by atoms with Crippen LogP contribution in [0, 0.1) is 11.8 Å². The molecular weight excluding hydrogens is 402 g/mol. The highest BCUT2D eigenvalue weighted by Gasteiger charge is 2.23. The van der Waals surface area contributed by atoms with Gasteiger partial charge in [-0.25, -0.2) is 14.8 Å². The number of hydrogen-bond donors (Lipinski definition) is 2. The van der Waals surface area contributed by atoms with Crippen LogP contribution in [0.4, 0.5) is 5.82 Å². The van der Waals surface area contributed by atoms with Gasteiger partial charge in [-0.15, -0.1) is 0 Å². The van der Waals surface area contributed by atoms with Gasteiger partial charge in [-0.3, -0.25) is 0 Å². The molecule has 1 aromatic carbocycles. The van der Waals surface area contributed by atoms with Gasteiger partial charge >= 0.3 is 5.97 Å². The fourth-order valence-corrected chi connectivity index (χ4v) is 4.44. The maximum Gasteiger partial charge on any atom is 0.337 e. The van der Waals surface area contributed by atoms with Gasteiger partial charge in [-0.1, -0.05) is 38.5 Å². The summed E-state index contributed by atoms with van der Waals surface area (Å²) in [7, 11) is 1.37. The van der Waals surface area contributed by atoms with E-state index in [1.807, 2.05) is 6.07 Å². The van der Waals surface area contributed by atoms with Crippen molar-refractivity contribution in [2.75, 3.05) is 19.4 Å². The maximum absolute atomic E-state index is 12.0. The van der Waals surface area contributed by atoms with Gasteiger partial charge in [0.15, 0.2) is 5.82 Å². The molecular formula is C25H31N5O2. The molecule has 1 aliphatic carbocycles. The van der Waals surface area contributed by atoms with E-state index in [1.54, 1.807) is 12.1 Å². The average Bonchev–Trinajstić information content (AvgIpc) is 3.17. The molecule has 0 fully saturated rings. The van der Waals surface area contributed by atoms with Crippen molar-refractivity contribution >= 4 is 33.7 Å². The number of allylic oxidation sites excluding steroid dienone is 2. The largest absolute Gasteiger partial charge is 0.465 e. The molecule has 0 saturated carbocycles. The van der Waals surface area contributed by atoms with Crippen LogP contribution in [-0.4, -0.2) is 34.2 Å². The second kappa shape index (κ2) is 9.12. The summed E-state index contributed by atoms with van der Waals surface area (Å²) in [5.41, 5.74) is 16.2. The van der Waals surface area contributed by atoms with Crippen LogP contribution in [0.15, 0.2) is 42.0 Å². The standard InChI is InChI=1S/C25H31N5O2/c1-4-5-6-21-29-22-23(30(21)14-18-8-7-16(13-26)11-15(18)2)19-10-9-17(25(31)32-3)12-20(19)28-24(22)27/h7-12,15,18H,4-6,13-14,26H2,1-3H3,(H2,27,28). The molecule has 3 aromatic rings. The molecule has 4 N–H and O–H groups in total. The van der Waals surface area contributed by atoms with Gasteiger partial charge in [0.1, 0.15) is 11.3 Å². The van der Waals surface area contributed by atoms with Crippen LogP contribution in [-0.2, 0) is 17.7 Å². The molecule has 0 bridgehead atoms. The number of aryl methyl sites for hydroxylation is 1. The maximum atomic E-state index is 12.0. The third kappa shape index (κ3) is 4.00. The van der Waals surface area contributed by atoms with E-state index in [9.17, 15) is 4.79 Å². The van der Waals surface area contributed by atoms with Gasteiger partial charge in [-0.05, 0) is 36.1 Å². The average molecular weight is 434 g/mol. The number of unbranched alkanes of at least 4 members (excludes halogenated alkanes) is 1. The van der Waals surface area contributed by atoms with E-state index in [2.05, 4.69) is 41.6 Å². The molecule has 0 amide bonds. The first-order chi connectivity index (χ1) is 15.5. The second-order valence-corrected chi connectivity index (χ2v) is 8.49. The van der Waals surface area contributed by atoms with Crippen LogP contribution in [0.2, 0.25) is 0 Å².